The summed E-state index contributed by atoms with van der Waals surface area (Å²) < 4.78 is 220. The van der Waals surface area contributed by atoms with Crippen molar-refractivity contribution in [3.63, 3.8) is 0 Å². The average Bonchev–Trinajstić information content (AvgIpc) is 1.57. The van der Waals surface area contributed by atoms with Gasteiger partial charge in [0.15, 0.2) is 0 Å². The van der Waals surface area contributed by atoms with Crippen LogP contribution in [-0.4, -0.2) is 403 Å². The van der Waals surface area contributed by atoms with Gasteiger partial charge in [0.1, 0.15) is 145 Å². The van der Waals surface area contributed by atoms with Gasteiger partial charge in [-0.2, -0.15) is 0 Å². The zero-order chi connectivity index (χ0) is 87.6. The van der Waals surface area contributed by atoms with Crippen molar-refractivity contribution in [3.05, 3.63) is 0 Å². The summed E-state index contributed by atoms with van der Waals surface area (Å²) in [6, 6.07) is -9.57. The molecule has 10 aliphatic rings. The molecule has 0 saturated carbocycles. The first-order chi connectivity index (χ1) is 53.6. The van der Waals surface area contributed by atoms with Crippen molar-refractivity contribution in [1.29, 1.82) is 0 Å². The van der Waals surface area contributed by atoms with E-state index < -0.39 is 283 Å². The van der Waals surface area contributed by atoms with Crippen LogP contribution in [0.15, 0.2) is 0 Å². The van der Waals surface area contributed by atoms with Gasteiger partial charge in [0.05, 0.1) is 45.7 Å². The summed E-state index contributed by atoms with van der Waals surface area (Å²) >= 11 is 0. The minimum absolute atomic E-state index is 0.0171. The summed E-state index contributed by atoms with van der Waals surface area (Å²) in [5, 5.41) is 70.0. The first-order valence-corrected chi connectivity index (χ1v) is 45.3. The molecular formula is C48H79B8O52P8-9. The fourth-order valence-electron chi connectivity index (χ4n) is 11.6. The summed E-state index contributed by atoms with van der Waals surface area (Å²) in [5.41, 5.74) is 0. The Morgan fingerprint density at radius 2 is 0.621 bits per heavy atom. The van der Waals surface area contributed by atoms with Crippen LogP contribution in [-0.2, 0) is 166 Å². The molecule has 7 N–H and O–H groups in total. The summed E-state index contributed by atoms with van der Waals surface area (Å²) in [4.78, 5) is 104. The molecule has 116 heavy (non-hydrogen) atoms. The number of methoxy groups -OCH3 is 4. The predicted octanol–water partition coefficient (Wildman–Crippen LogP) is -14.5. The Balaban J connectivity index is 0.000000232. The van der Waals surface area contributed by atoms with E-state index in [1.165, 1.54) is 28.4 Å². The normalized spacial score (nSPS) is 44.1. The Kier molecular flexibility index (Phi) is 40.2. The number of hydrogen-bond acceptors (Lipinski definition) is 52. The maximum absolute atomic E-state index is 12.9. The minimum atomic E-state index is -5.89. The van der Waals surface area contributed by atoms with Crippen molar-refractivity contribution < 1.29 is 245 Å². The van der Waals surface area contributed by atoms with Gasteiger partial charge < -0.3 is 157 Å². The van der Waals surface area contributed by atoms with Crippen molar-refractivity contribution in [3.8, 4) is 0 Å². The zero-order valence-electron chi connectivity index (χ0n) is 61.8. The topological polar surface area (TPSA) is 736 Å². The van der Waals surface area contributed by atoms with Crippen LogP contribution in [0.4, 0.5) is 0 Å². The fourth-order valence-corrected chi connectivity index (χ4v) is 19.1. The first kappa shape index (κ1) is 106. The Morgan fingerprint density at radius 3 is 0.974 bits per heavy atom. The third kappa shape index (κ3) is 29.1. The SMILES string of the molecule is [B][C@@H]1O[C@H](CO)C(OP(=O)([O-])OC)[C@@H]1O.[B][C@@H]1O[C@H](COC)C(OP(=O)([O-])OC[C@H]2O[C@@H]([B])[C@@H](O)C2OP(=O)([O-])OC)[C@@H]1[O-].[B][C@@H]1O[C@H](COC)C2OP(=O)([O-])O[C@@H]21.[B][C@@H]1O[C@H](COP(=O)([O-])OC2[C@@H](COC)O[C@@H]([B])[C@H]2O)C(OP(=O)([O-])OC)[C@@H]1O.[B][C@@H]1O[C@H](COP2([O-])(O)OC3[C@@H](COC)O[C@@H]([B])[C@H]3O2)C(OP(=O)([O-])OC)[C@@H]1O. The van der Waals surface area contributed by atoms with Crippen LogP contribution in [0.5, 0.6) is 0 Å². The van der Waals surface area contributed by atoms with E-state index in [-0.39, 0.29) is 26.4 Å². The third-order valence-electron chi connectivity index (χ3n) is 17.1. The van der Waals surface area contributed by atoms with Gasteiger partial charge in [-0.3, -0.25) is 27.4 Å². The van der Waals surface area contributed by atoms with E-state index in [0.717, 1.165) is 28.4 Å². The first-order valence-electron chi connectivity index (χ1n) is 33.2. The maximum atomic E-state index is 12.9. The molecule has 0 aliphatic carbocycles. The summed E-state index contributed by atoms with van der Waals surface area (Å²) in [5.74, 6) is 0. The molecule has 0 spiro atoms. The molecular weight excluding hydrogens is 1740 g/mol. The number of rotatable bonds is 34. The molecule has 68 heteroatoms. The van der Waals surface area contributed by atoms with Crippen molar-refractivity contribution >= 4 is 125 Å². The number of phosphoric ester groups is 7. The number of phosphoric acid groups is 7. The van der Waals surface area contributed by atoms with Crippen LogP contribution in [0.2, 0.25) is 0 Å². The second kappa shape index (κ2) is 44.2. The van der Waals surface area contributed by atoms with Gasteiger partial charge in [0.2, 0.25) is 0 Å². The van der Waals surface area contributed by atoms with Crippen LogP contribution in [0.1, 0.15) is 0 Å². The molecule has 39 atom stereocenters. The molecule has 0 aromatic heterocycles. The quantitative estimate of drug-likeness (QED) is 0.0232. The molecule has 10 aliphatic heterocycles. The monoisotopic (exact) mass is 1820 g/mol. The van der Waals surface area contributed by atoms with E-state index >= 15 is 0 Å². The van der Waals surface area contributed by atoms with E-state index in [0.29, 0.717) is 0 Å². The summed E-state index contributed by atoms with van der Waals surface area (Å²) in [6.07, 6.45) is -30.4. The van der Waals surface area contributed by atoms with Gasteiger partial charge in [-0.25, -0.2) is 0 Å². The Morgan fingerprint density at radius 1 is 0.362 bits per heavy atom. The second-order valence-corrected chi connectivity index (χ2v) is 37.4. The molecule has 656 valence electrons. The van der Waals surface area contributed by atoms with Gasteiger partial charge in [-0.1, -0.05) is 6.10 Å². The van der Waals surface area contributed by atoms with Crippen molar-refractivity contribution in [1.82, 2.24) is 0 Å². The van der Waals surface area contributed by atoms with E-state index in [9.17, 15) is 107 Å². The van der Waals surface area contributed by atoms with E-state index in [1.54, 1.807) is 0 Å². The van der Waals surface area contributed by atoms with Crippen LogP contribution >= 0.6 is 62.5 Å². The van der Waals surface area contributed by atoms with Crippen LogP contribution in [0, 0.1) is 0 Å². The molecule has 10 rings (SSSR count). The number of aliphatic hydroxyl groups is 6. The molecule has 0 amide bonds. The zero-order valence-corrected chi connectivity index (χ0v) is 69.0. The number of ether oxygens (including phenoxy) is 12. The van der Waals surface area contributed by atoms with Crippen molar-refractivity contribution in [2.24, 2.45) is 0 Å². The standard InChI is InChI=1S/C12H21B2O13P2.C12H22B2O13P2.C12H21B2O13P2.C6H12BO7P.C6H10BO6P/c1-20-3-5-9-10(12(14)24-5)27-29(18,19,26-9)22-4-6-8(7(15)11(13)23-6)25-28(16,17)21-2;2*1-21-3-5-9(7(15)11(13)24-5)27-29(19,20)23-4-6-10(8(16)12(14)25-6)26-28(17,18)22-2;1-12-15(10,11)14-5-3(2-8)13-6(7)4(5)9;1-10-2-3-4-5(6(7)11-3)13-14(8,9)12-4/h5-12,15,18H,3-4H2,1-2H3,(H,16,17);5-12,15-16H,3-4H2,1-2H3,(H,17,18)(H,19,20);5-12,16H,3-4H2,1-2H3,(H,17,18)(H,19,20);3-6,8-9H,2H2,1H3,(H,10,11);3-6H,2H2,1H3,(H,8,9)/q-1;;-1;;/p-7/t5-,6-,7+,8?,9?,10+,11-,12-;2*5-,6-,7+,8+,9?,10?,11-,12-;3-,4+,5?,6-;3-,4?,5+,6-/m11111/s1. The van der Waals surface area contributed by atoms with Crippen molar-refractivity contribution in [2.45, 2.75) is 195 Å². The number of aliphatic hydroxyl groups excluding tert-OH is 6. The van der Waals surface area contributed by atoms with Crippen LogP contribution in [0.3, 0.4) is 0 Å². The third-order valence-corrected chi connectivity index (χ3v) is 25.6. The molecule has 52 nitrogen and oxygen atoms in total. The predicted molar refractivity (Wildman–Crippen MR) is 361 cm³/mol. The van der Waals surface area contributed by atoms with Gasteiger partial charge in [0, 0.05) is 78.7 Å². The molecule has 0 bridgehead atoms. The van der Waals surface area contributed by atoms with E-state index in [1.807, 2.05) is 0 Å². The Bertz CT molecular complexity index is 3320. The van der Waals surface area contributed by atoms with Gasteiger partial charge in [0.25, 0.3) is 46.9 Å². The van der Waals surface area contributed by atoms with Gasteiger partial charge in [-0.05, 0) is 0 Å². The Labute approximate surface area is 672 Å². The van der Waals surface area contributed by atoms with E-state index in [2.05, 4.69) is 45.2 Å². The molecule has 16 radical (unpaired) electrons. The Hall–Kier alpha value is 0.759. The van der Waals surface area contributed by atoms with Crippen molar-refractivity contribution in [2.75, 3.05) is 110 Å². The molecule has 10 saturated heterocycles. The fraction of sp³-hybridized carbons (Fsp3) is 1.00. The number of hydrogen-bond donors (Lipinski definition) is 7. The van der Waals surface area contributed by atoms with E-state index in [4.69, 9.17) is 156 Å². The summed E-state index contributed by atoms with van der Waals surface area (Å²) in [6.45, 7) is -2.98. The summed E-state index contributed by atoms with van der Waals surface area (Å²) in [7, 11) is 13.8. The average molecular weight is 1820 g/mol. The molecule has 0 aromatic rings. The molecule has 10 fully saturated rings. The van der Waals surface area contributed by atoms with Gasteiger partial charge in [-0.15, -0.1) is 0 Å². The molecule has 10 heterocycles. The molecule has 0 aromatic carbocycles. The van der Waals surface area contributed by atoms with Crippen LogP contribution in [0.25, 0.3) is 0 Å². The van der Waals surface area contributed by atoms with Crippen LogP contribution < -0.4 is 44.3 Å². The molecule has 15 unspecified atom stereocenters. The second-order valence-electron chi connectivity index (χ2n) is 25.3. The number of fused-ring (bicyclic) bond motifs is 2. The van der Waals surface area contributed by atoms with Gasteiger partial charge >= 0.3 is 168 Å².